The van der Waals surface area contributed by atoms with Crippen molar-refractivity contribution in [2.45, 2.75) is 25.8 Å². The molecule has 0 heterocycles. The van der Waals surface area contributed by atoms with Gasteiger partial charge in [0.1, 0.15) is 5.82 Å². The van der Waals surface area contributed by atoms with Crippen LogP contribution in [0.1, 0.15) is 25.3 Å². The van der Waals surface area contributed by atoms with Gasteiger partial charge >= 0.3 is 0 Å². The SMILES string of the molecule is CC1(C)[C@H](N)[C@H]1c1cc(F)cc(Br)c1. The molecule has 0 bridgehead atoms. The van der Waals surface area contributed by atoms with Crippen molar-refractivity contribution in [3.63, 3.8) is 0 Å². The maximum atomic E-state index is 13.1. The second-order valence-electron chi connectivity index (χ2n) is 4.53. The van der Waals surface area contributed by atoms with E-state index in [1.807, 2.05) is 6.07 Å². The van der Waals surface area contributed by atoms with Crippen molar-refractivity contribution >= 4 is 15.9 Å². The zero-order valence-corrected chi connectivity index (χ0v) is 9.81. The maximum Gasteiger partial charge on any atom is 0.124 e. The van der Waals surface area contributed by atoms with Crippen LogP contribution < -0.4 is 5.73 Å². The number of nitrogens with two attached hydrogens (primary N) is 1. The van der Waals surface area contributed by atoms with E-state index in [0.717, 1.165) is 10.0 Å². The third kappa shape index (κ3) is 1.48. The number of hydrogen-bond donors (Lipinski definition) is 1. The summed E-state index contributed by atoms with van der Waals surface area (Å²) in [4.78, 5) is 0. The van der Waals surface area contributed by atoms with Gasteiger partial charge in [-0.1, -0.05) is 29.8 Å². The Bertz CT molecular complexity index is 355. The Balaban J connectivity index is 2.35. The van der Waals surface area contributed by atoms with Gasteiger partial charge in [-0.05, 0) is 29.2 Å². The van der Waals surface area contributed by atoms with Crippen molar-refractivity contribution in [3.05, 3.63) is 34.1 Å². The van der Waals surface area contributed by atoms with Crippen LogP contribution in [0.3, 0.4) is 0 Å². The molecule has 2 atom stereocenters. The molecule has 0 radical (unpaired) electrons. The molecule has 3 heteroatoms. The van der Waals surface area contributed by atoms with Gasteiger partial charge in [-0.15, -0.1) is 0 Å². The van der Waals surface area contributed by atoms with E-state index in [-0.39, 0.29) is 23.2 Å². The molecule has 0 aromatic heterocycles. The lowest BCUT2D eigenvalue weighted by Crippen LogP contribution is -2.06. The summed E-state index contributed by atoms with van der Waals surface area (Å²) in [5.41, 5.74) is 7.04. The average Bonchev–Trinajstić information content (AvgIpc) is 2.48. The summed E-state index contributed by atoms with van der Waals surface area (Å²) < 4.78 is 13.9. The van der Waals surface area contributed by atoms with Crippen LogP contribution in [-0.2, 0) is 0 Å². The lowest BCUT2D eigenvalue weighted by atomic mass is 10.0. The van der Waals surface area contributed by atoms with Gasteiger partial charge in [0.25, 0.3) is 0 Å². The molecule has 1 nitrogen and oxygen atoms in total. The van der Waals surface area contributed by atoms with E-state index in [9.17, 15) is 4.39 Å². The number of benzene rings is 1. The number of rotatable bonds is 1. The molecule has 1 fully saturated rings. The molecule has 0 saturated heterocycles. The molecule has 1 aliphatic carbocycles. The van der Waals surface area contributed by atoms with Gasteiger partial charge in [-0.2, -0.15) is 0 Å². The zero-order valence-electron chi connectivity index (χ0n) is 8.22. The van der Waals surface area contributed by atoms with E-state index in [1.54, 1.807) is 6.07 Å². The molecule has 14 heavy (non-hydrogen) atoms. The first-order valence-electron chi connectivity index (χ1n) is 4.64. The molecule has 0 aliphatic heterocycles. The highest BCUT2D eigenvalue weighted by Gasteiger charge is 2.56. The van der Waals surface area contributed by atoms with Crippen molar-refractivity contribution in [1.82, 2.24) is 0 Å². The van der Waals surface area contributed by atoms with Gasteiger partial charge in [0.15, 0.2) is 0 Å². The van der Waals surface area contributed by atoms with Gasteiger partial charge in [0, 0.05) is 16.4 Å². The third-order valence-corrected chi connectivity index (χ3v) is 3.61. The maximum absolute atomic E-state index is 13.1. The number of halogens is 2. The molecule has 2 N–H and O–H groups in total. The lowest BCUT2D eigenvalue weighted by Gasteiger charge is -2.03. The minimum atomic E-state index is -0.204. The van der Waals surface area contributed by atoms with Crippen LogP contribution in [0.5, 0.6) is 0 Å². The summed E-state index contributed by atoms with van der Waals surface area (Å²) in [6.07, 6.45) is 0. The fourth-order valence-corrected chi connectivity index (χ4v) is 2.55. The van der Waals surface area contributed by atoms with Crippen molar-refractivity contribution in [3.8, 4) is 0 Å². The van der Waals surface area contributed by atoms with Crippen molar-refractivity contribution < 1.29 is 4.39 Å². The van der Waals surface area contributed by atoms with E-state index in [1.165, 1.54) is 6.07 Å². The summed E-state index contributed by atoms with van der Waals surface area (Å²) in [5.74, 6) is 0.0822. The highest BCUT2D eigenvalue weighted by atomic mass is 79.9. The predicted octanol–water partition coefficient (Wildman–Crippen LogP) is 3.04. The Hall–Kier alpha value is -0.410. The summed E-state index contributed by atoms with van der Waals surface area (Å²) in [6.45, 7) is 4.22. The van der Waals surface area contributed by atoms with Crippen LogP contribution in [-0.4, -0.2) is 6.04 Å². The second-order valence-corrected chi connectivity index (χ2v) is 5.44. The van der Waals surface area contributed by atoms with Crippen LogP contribution in [0.15, 0.2) is 22.7 Å². The number of hydrogen-bond acceptors (Lipinski definition) is 1. The standard InChI is InChI=1S/C11H13BrFN/c1-11(2)9(10(11)14)6-3-7(12)5-8(13)4-6/h3-5,9-10H,14H2,1-2H3/t9-,10-/m1/s1. The molecule has 0 unspecified atom stereocenters. The van der Waals surface area contributed by atoms with Crippen LogP contribution in [0, 0.1) is 11.2 Å². The van der Waals surface area contributed by atoms with Gasteiger partial charge in [-0.3, -0.25) is 0 Å². The van der Waals surface area contributed by atoms with E-state index in [2.05, 4.69) is 29.8 Å². The second kappa shape index (κ2) is 3.04. The van der Waals surface area contributed by atoms with E-state index >= 15 is 0 Å². The average molecular weight is 258 g/mol. The molecule has 0 amide bonds. The lowest BCUT2D eigenvalue weighted by molar-refractivity contribution is 0.594. The highest BCUT2D eigenvalue weighted by Crippen LogP contribution is 2.57. The molecule has 1 saturated carbocycles. The predicted molar refractivity (Wildman–Crippen MR) is 58.6 cm³/mol. The zero-order chi connectivity index (χ0) is 10.5. The van der Waals surface area contributed by atoms with Gasteiger partial charge in [0.05, 0.1) is 0 Å². The molecule has 76 valence electrons. The minimum absolute atomic E-state index is 0.104. The van der Waals surface area contributed by atoms with Gasteiger partial charge in [-0.25, -0.2) is 4.39 Å². The first-order valence-corrected chi connectivity index (χ1v) is 5.44. The fraction of sp³-hybridized carbons (Fsp3) is 0.455. The Labute approximate surface area is 91.6 Å². The Kier molecular flexibility index (Phi) is 2.20. The largest absolute Gasteiger partial charge is 0.327 e. The topological polar surface area (TPSA) is 26.0 Å². The van der Waals surface area contributed by atoms with E-state index in [4.69, 9.17) is 5.73 Å². The van der Waals surface area contributed by atoms with Crippen LogP contribution in [0.2, 0.25) is 0 Å². The quantitative estimate of drug-likeness (QED) is 0.823. The first kappa shape index (κ1) is 10.1. The summed E-state index contributed by atoms with van der Waals surface area (Å²) in [5, 5.41) is 0. The van der Waals surface area contributed by atoms with Crippen molar-refractivity contribution in [2.75, 3.05) is 0 Å². The van der Waals surface area contributed by atoms with Crippen LogP contribution in [0.25, 0.3) is 0 Å². The summed E-state index contributed by atoms with van der Waals surface area (Å²) in [6, 6.07) is 5.13. The summed E-state index contributed by atoms with van der Waals surface area (Å²) >= 11 is 3.29. The molecule has 1 aliphatic rings. The molecule has 1 aromatic carbocycles. The van der Waals surface area contributed by atoms with Crippen molar-refractivity contribution in [2.24, 2.45) is 11.1 Å². The van der Waals surface area contributed by atoms with Crippen LogP contribution in [0.4, 0.5) is 4.39 Å². The van der Waals surface area contributed by atoms with Crippen molar-refractivity contribution in [1.29, 1.82) is 0 Å². The molecular formula is C11H13BrFN. The molecule has 2 rings (SSSR count). The Morgan fingerprint density at radius 3 is 2.36 bits per heavy atom. The Morgan fingerprint density at radius 1 is 1.36 bits per heavy atom. The fourth-order valence-electron chi connectivity index (χ4n) is 2.07. The molecule has 1 aromatic rings. The first-order chi connectivity index (χ1) is 6.43. The Morgan fingerprint density at radius 2 is 1.93 bits per heavy atom. The van der Waals surface area contributed by atoms with Gasteiger partial charge < -0.3 is 5.73 Å². The van der Waals surface area contributed by atoms with Crippen LogP contribution >= 0.6 is 15.9 Å². The normalized spacial score (nSPS) is 28.9. The molecular weight excluding hydrogens is 245 g/mol. The molecule has 0 spiro atoms. The minimum Gasteiger partial charge on any atom is -0.327 e. The summed E-state index contributed by atoms with van der Waals surface area (Å²) in [7, 11) is 0. The van der Waals surface area contributed by atoms with E-state index in [0.29, 0.717) is 0 Å². The smallest absolute Gasteiger partial charge is 0.124 e. The van der Waals surface area contributed by atoms with Gasteiger partial charge in [0.2, 0.25) is 0 Å². The highest BCUT2D eigenvalue weighted by molar-refractivity contribution is 9.10. The van der Waals surface area contributed by atoms with E-state index < -0.39 is 0 Å². The third-order valence-electron chi connectivity index (χ3n) is 3.15. The monoisotopic (exact) mass is 257 g/mol.